The Balaban J connectivity index is 3.33. The minimum Gasteiger partial charge on any atom is -0.379 e. The van der Waals surface area contributed by atoms with E-state index >= 15 is 0 Å². The lowest BCUT2D eigenvalue weighted by Crippen LogP contribution is -2.49. The molecule has 2 amide bonds. The van der Waals surface area contributed by atoms with Crippen LogP contribution < -0.4 is 16.4 Å². The molecule has 0 bridgehead atoms. The zero-order chi connectivity index (χ0) is 24.8. The van der Waals surface area contributed by atoms with E-state index in [2.05, 4.69) is 10.6 Å². The first-order valence-corrected chi connectivity index (χ1v) is 12.5. The van der Waals surface area contributed by atoms with Crippen LogP contribution in [0.4, 0.5) is 0 Å². The van der Waals surface area contributed by atoms with E-state index in [0.717, 1.165) is 38.2 Å². The highest BCUT2D eigenvalue weighted by molar-refractivity contribution is 6.17. The van der Waals surface area contributed by atoms with Crippen LogP contribution >= 0.6 is 11.6 Å². The Bertz CT molecular complexity index is 491. The minimum absolute atomic E-state index is 0.0781. The molecule has 0 spiro atoms. The van der Waals surface area contributed by atoms with E-state index < -0.39 is 6.04 Å². The van der Waals surface area contributed by atoms with Crippen LogP contribution in [0.3, 0.4) is 0 Å². The zero-order valence-electron chi connectivity index (χ0n) is 20.8. The maximum absolute atomic E-state index is 11.9. The van der Waals surface area contributed by atoms with Gasteiger partial charge in [-0.1, -0.05) is 33.6 Å². The molecule has 0 aromatic carbocycles. The molecular formula is C23H46ClN3O6. The highest BCUT2D eigenvalue weighted by Gasteiger charge is 2.26. The van der Waals surface area contributed by atoms with Gasteiger partial charge in [-0.15, -0.1) is 11.6 Å². The predicted molar refractivity (Wildman–Crippen MR) is 131 cm³/mol. The van der Waals surface area contributed by atoms with Crippen LogP contribution in [0.5, 0.6) is 0 Å². The second-order valence-corrected chi connectivity index (χ2v) is 9.17. The Hall–Kier alpha value is -0.970. The number of amides is 2. The summed E-state index contributed by atoms with van der Waals surface area (Å²) in [4.78, 5) is 23.6. The van der Waals surface area contributed by atoms with E-state index in [1.165, 1.54) is 0 Å². The summed E-state index contributed by atoms with van der Waals surface area (Å²) in [6.45, 7) is 10.4. The van der Waals surface area contributed by atoms with Crippen LogP contribution in [0.15, 0.2) is 0 Å². The molecule has 0 fully saturated rings. The molecule has 196 valence electrons. The molecular weight excluding hydrogens is 450 g/mol. The Morgan fingerprint density at radius 2 is 1.27 bits per heavy atom. The molecule has 0 aliphatic heterocycles. The lowest BCUT2D eigenvalue weighted by Gasteiger charge is -2.25. The smallest absolute Gasteiger partial charge is 0.237 e. The SMILES string of the molecule is CC(C)(C)[C@H](N)C(=O)NCCOCCOCCC(=O)NCCOCCOCCCCCCCl. The highest BCUT2D eigenvalue weighted by atomic mass is 35.5. The van der Waals surface area contributed by atoms with Gasteiger partial charge in [0.2, 0.25) is 11.8 Å². The van der Waals surface area contributed by atoms with Crippen molar-refractivity contribution >= 4 is 23.4 Å². The average Bonchev–Trinajstić information content (AvgIpc) is 2.77. The summed E-state index contributed by atoms with van der Waals surface area (Å²) in [5, 5.41) is 5.54. The number of ether oxygens (including phenoxy) is 4. The van der Waals surface area contributed by atoms with Gasteiger partial charge in [0.25, 0.3) is 0 Å². The van der Waals surface area contributed by atoms with Crippen LogP contribution in [0.1, 0.15) is 52.9 Å². The predicted octanol–water partition coefficient (Wildman–Crippen LogP) is 1.85. The third-order valence-corrected chi connectivity index (χ3v) is 4.99. The largest absolute Gasteiger partial charge is 0.379 e. The Morgan fingerprint density at radius 1 is 0.758 bits per heavy atom. The molecule has 0 aromatic heterocycles. The topological polar surface area (TPSA) is 121 Å². The lowest BCUT2D eigenvalue weighted by molar-refractivity contribution is -0.124. The molecule has 33 heavy (non-hydrogen) atoms. The van der Waals surface area contributed by atoms with E-state index in [9.17, 15) is 9.59 Å². The van der Waals surface area contributed by atoms with Crippen LogP contribution in [0.2, 0.25) is 0 Å². The third kappa shape index (κ3) is 21.3. The van der Waals surface area contributed by atoms with Crippen LogP contribution in [-0.2, 0) is 28.5 Å². The summed E-state index contributed by atoms with van der Waals surface area (Å²) in [5.41, 5.74) is 5.60. The maximum Gasteiger partial charge on any atom is 0.237 e. The average molecular weight is 496 g/mol. The number of hydrogen-bond donors (Lipinski definition) is 3. The van der Waals surface area contributed by atoms with Crippen molar-refractivity contribution in [1.29, 1.82) is 0 Å². The van der Waals surface area contributed by atoms with Gasteiger partial charge < -0.3 is 35.3 Å². The third-order valence-electron chi connectivity index (χ3n) is 4.72. The summed E-state index contributed by atoms with van der Waals surface area (Å²) >= 11 is 5.63. The minimum atomic E-state index is -0.556. The molecule has 0 aliphatic carbocycles. The molecule has 0 aromatic rings. The van der Waals surface area contributed by atoms with Crippen LogP contribution in [-0.4, -0.2) is 89.7 Å². The van der Waals surface area contributed by atoms with E-state index in [1.54, 1.807) is 0 Å². The summed E-state index contributed by atoms with van der Waals surface area (Å²) in [7, 11) is 0. The second-order valence-electron chi connectivity index (χ2n) is 8.79. The first-order chi connectivity index (χ1) is 15.8. The van der Waals surface area contributed by atoms with Crippen molar-refractivity contribution in [2.75, 3.05) is 71.8 Å². The normalized spacial score (nSPS) is 12.5. The number of hydrogen-bond acceptors (Lipinski definition) is 7. The molecule has 4 N–H and O–H groups in total. The summed E-state index contributed by atoms with van der Waals surface area (Å²) < 4.78 is 21.7. The Kier molecular flexibility index (Phi) is 20.9. The Morgan fingerprint density at radius 3 is 1.85 bits per heavy atom. The molecule has 0 radical (unpaired) electrons. The van der Waals surface area contributed by atoms with E-state index in [1.807, 2.05) is 20.8 Å². The van der Waals surface area contributed by atoms with Gasteiger partial charge in [-0.05, 0) is 18.3 Å². The second kappa shape index (κ2) is 21.6. The first-order valence-electron chi connectivity index (χ1n) is 12.0. The van der Waals surface area contributed by atoms with Crippen LogP contribution in [0, 0.1) is 5.41 Å². The maximum atomic E-state index is 11.9. The van der Waals surface area contributed by atoms with Gasteiger partial charge in [-0.2, -0.15) is 0 Å². The molecule has 0 saturated heterocycles. The molecule has 0 heterocycles. The van der Waals surface area contributed by atoms with Gasteiger partial charge >= 0.3 is 0 Å². The number of carbonyl (C=O) groups excluding carboxylic acids is 2. The fraction of sp³-hybridized carbons (Fsp3) is 0.913. The summed E-state index contributed by atoms with van der Waals surface area (Å²) in [5.74, 6) is 0.465. The fourth-order valence-corrected chi connectivity index (χ4v) is 2.75. The quantitative estimate of drug-likeness (QED) is 0.155. The number of nitrogens with two attached hydrogens (primary N) is 1. The van der Waals surface area contributed by atoms with Crippen molar-refractivity contribution in [3.63, 3.8) is 0 Å². The number of rotatable bonds is 22. The van der Waals surface area contributed by atoms with Gasteiger partial charge in [0, 0.05) is 32.0 Å². The van der Waals surface area contributed by atoms with Crippen molar-refractivity contribution in [2.24, 2.45) is 11.1 Å². The van der Waals surface area contributed by atoms with Crippen molar-refractivity contribution in [3.05, 3.63) is 0 Å². The van der Waals surface area contributed by atoms with Crippen molar-refractivity contribution in [2.45, 2.75) is 58.9 Å². The molecule has 10 heteroatoms. The highest BCUT2D eigenvalue weighted by Crippen LogP contribution is 2.16. The molecule has 9 nitrogen and oxygen atoms in total. The van der Waals surface area contributed by atoms with E-state index in [-0.39, 0.29) is 23.7 Å². The first kappa shape index (κ1) is 32.0. The molecule has 0 saturated carbocycles. The molecule has 0 aliphatic rings. The van der Waals surface area contributed by atoms with E-state index in [0.29, 0.717) is 59.3 Å². The molecule has 0 unspecified atom stereocenters. The number of halogens is 1. The number of nitrogens with one attached hydrogen (secondary N) is 2. The fourth-order valence-electron chi connectivity index (χ4n) is 2.56. The number of unbranched alkanes of at least 4 members (excludes halogenated alkanes) is 3. The van der Waals surface area contributed by atoms with Gasteiger partial charge in [0.05, 0.1) is 52.3 Å². The van der Waals surface area contributed by atoms with E-state index in [4.69, 9.17) is 36.3 Å². The number of alkyl halides is 1. The van der Waals surface area contributed by atoms with Gasteiger partial charge in [-0.25, -0.2) is 0 Å². The van der Waals surface area contributed by atoms with Crippen molar-refractivity contribution in [1.82, 2.24) is 10.6 Å². The Labute approximate surface area is 204 Å². The standard InChI is InChI=1S/C23H46ClN3O6/c1-23(2,3)21(25)22(29)27-11-15-33-19-17-31-13-8-20(28)26-10-14-32-18-16-30-12-7-5-4-6-9-24/h21H,4-19,25H2,1-3H3,(H,26,28)(H,27,29)/t21-/m1/s1. The van der Waals surface area contributed by atoms with Crippen molar-refractivity contribution < 1.29 is 28.5 Å². The van der Waals surface area contributed by atoms with Crippen LogP contribution in [0.25, 0.3) is 0 Å². The van der Waals surface area contributed by atoms with Gasteiger partial charge in [0.15, 0.2) is 0 Å². The summed E-state index contributed by atoms with van der Waals surface area (Å²) in [6.07, 6.45) is 4.69. The molecule has 1 atom stereocenters. The van der Waals surface area contributed by atoms with Gasteiger partial charge in [-0.3, -0.25) is 9.59 Å². The molecule has 0 rings (SSSR count). The lowest BCUT2D eigenvalue weighted by atomic mass is 9.87. The summed E-state index contributed by atoms with van der Waals surface area (Å²) in [6, 6.07) is -0.556. The monoisotopic (exact) mass is 495 g/mol. The van der Waals surface area contributed by atoms with Crippen molar-refractivity contribution in [3.8, 4) is 0 Å². The zero-order valence-corrected chi connectivity index (χ0v) is 21.6. The van der Waals surface area contributed by atoms with Gasteiger partial charge in [0.1, 0.15) is 0 Å². The number of carbonyl (C=O) groups is 2.